The molecule has 2 aliphatic rings. The average Bonchev–Trinajstić information content (AvgIpc) is 3.15. The van der Waals surface area contributed by atoms with Crippen LogP contribution >= 0.6 is 0 Å². The fourth-order valence-electron chi connectivity index (χ4n) is 4.03. The number of likely N-dealkylation sites (tertiary alicyclic amines) is 1. The molecule has 1 aliphatic carbocycles. The van der Waals surface area contributed by atoms with Gasteiger partial charge < -0.3 is 15.2 Å². The standard InChI is InChI=1S/C16H20N4O2/c1-8-5-11(14-9(2)19-22-15(14)18-8)16(21)20-6-10-3-4-13(17)12(10)7-20/h5,10,12-13H,3-4,6-7,17H2,1-2H3. The van der Waals surface area contributed by atoms with Crippen molar-refractivity contribution in [3.63, 3.8) is 0 Å². The number of pyridine rings is 1. The molecule has 0 bridgehead atoms. The number of nitrogens with zero attached hydrogens (tertiary/aromatic N) is 3. The van der Waals surface area contributed by atoms with Gasteiger partial charge in [-0.25, -0.2) is 4.98 Å². The molecular weight excluding hydrogens is 280 g/mol. The molecule has 1 saturated carbocycles. The van der Waals surface area contributed by atoms with Crippen molar-refractivity contribution in [2.45, 2.75) is 32.7 Å². The second kappa shape index (κ2) is 4.78. The third-order valence-corrected chi connectivity index (χ3v) is 5.18. The maximum Gasteiger partial charge on any atom is 0.258 e. The van der Waals surface area contributed by atoms with Gasteiger partial charge >= 0.3 is 0 Å². The molecule has 2 aromatic rings. The van der Waals surface area contributed by atoms with Crippen molar-refractivity contribution in [3.05, 3.63) is 23.0 Å². The summed E-state index contributed by atoms with van der Waals surface area (Å²) in [4.78, 5) is 19.2. The van der Waals surface area contributed by atoms with E-state index < -0.39 is 0 Å². The zero-order chi connectivity index (χ0) is 15.4. The molecule has 0 spiro atoms. The van der Waals surface area contributed by atoms with Crippen molar-refractivity contribution in [1.29, 1.82) is 0 Å². The Bertz CT molecular complexity index is 754. The quantitative estimate of drug-likeness (QED) is 0.865. The molecule has 1 aliphatic heterocycles. The average molecular weight is 300 g/mol. The number of aromatic nitrogens is 2. The van der Waals surface area contributed by atoms with Crippen LogP contribution in [0.15, 0.2) is 10.6 Å². The van der Waals surface area contributed by atoms with Crippen molar-refractivity contribution in [2.24, 2.45) is 17.6 Å². The van der Waals surface area contributed by atoms with Crippen LogP contribution in [0, 0.1) is 25.7 Å². The van der Waals surface area contributed by atoms with Crippen LogP contribution in [0.3, 0.4) is 0 Å². The van der Waals surface area contributed by atoms with E-state index >= 15 is 0 Å². The summed E-state index contributed by atoms with van der Waals surface area (Å²) >= 11 is 0. The first-order chi connectivity index (χ1) is 10.5. The van der Waals surface area contributed by atoms with Crippen molar-refractivity contribution in [3.8, 4) is 0 Å². The topological polar surface area (TPSA) is 85.2 Å². The molecule has 2 fully saturated rings. The maximum atomic E-state index is 13.0. The SMILES string of the molecule is Cc1cc(C(=O)N2CC3CCC(N)C3C2)c2c(C)noc2n1. The Morgan fingerprint density at radius 1 is 1.36 bits per heavy atom. The van der Waals surface area contributed by atoms with E-state index in [9.17, 15) is 4.79 Å². The van der Waals surface area contributed by atoms with Crippen LogP contribution in [0.1, 0.15) is 34.6 Å². The van der Waals surface area contributed by atoms with Gasteiger partial charge in [0, 0.05) is 24.8 Å². The van der Waals surface area contributed by atoms with Gasteiger partial charge in [0.2, 0.25) is 0 Å². The summed E-state index contributed by atoms with van der Waals surface area (Å²) in [6.45, 7) is 5.28. The second-order valence-electron chi connectivity index (χ2n) is 6.63. The van der Waals surface area contributed by atoms with Gasteiger partial charge in [-0.1, -0.05) is 5.16 Å². The lowest BCUT2D eigenvalue weighted by molar-refractivity contribution is 0.0781. The Labute approximate surface area is 128 Å². The molecule has 22 heavy (non-hydrogen) atoms. The normalized spacial score (nSPS) is 27.6. The summed E-state index contributed by atoms with van der Waals surface area (Å²) < 4.78 is 5.22. The fourth-order valence-corrected chi connectivity index (χ4v) is 4.03. The molecule has 0 radical (unpaired) electrons. The molecule has 1 saturated heterocycles. The minimum Gasteiger partial charge on any atom is -0.338 e. The summed E-state index contributed by atoms with van der Waals surface area (Å²) in [5.41, 5.74) is 8.74. The Balaban J connectivity index is 1.70. The van der Waals surface area contributed by atoms with Gasteiger partial charge in [0.1, 0.15) is 0 Å². The van der Waals surface area contributed by atoms with Crippen LogP contribution in [0.2, 0.25) is 0 Å². The molecule has 3 unspecified atom stereocenters. The van der Waals surface area contributed by atoms with Gasteiger partial charge in [0.25, 0.3) is 11.6 Å². The summed E-state index contributed by atoms with van der Waals surface area (Å²) in [5.74, 6) is 1.05. The fraction of sp³-hybridized carbons (Fsp3) is 0.562. The minimum atomic E-state index is 0.0448. The van der Waals surface area contributed by atoms with E-state index in [1.54, 1.807) is 0 Å². The Morgan fingerprint density at radius 2 is 2.18 bits per heavy atom. The largest absolute Gasteiger partial charge is 0.338 e. The maximum absolute atomic E-state index is 13.0. The number of nitrogens with two attached hydrogens (primary N) is 1. The van der Waals surface area contributed by atoms with E-state index in [2.05, 4.69) is 10.1 Å². The van der Waals surface area contributed by atoms with E-state index in [0.717, 1.165) is 37.0 Å². The van der Waals surface area contributed by atoms with Crippen molar-refractivity contribution >= 4 is 17.0 Å². The van der Waals surface area contributed by atoms with E-state index in [0.29, 0.717) is 28.8 Å². The van der Waals surface area contributed by atoms with Gasteiger partial charge in [-0.15, -0.1) is 0 Å². The van der Waals surface area contributed by atoms with E-state index in [4.69, 9.17) is 10.3 Å². The number of fused-ring (bicyclic) bond motifs is 2. The van der Waals surface area contributed by atoms with Crippen LogP contribution in [-0.2, 0) is 0 Å². The second-order valence-corrected chi connectivity index (χ2v) is 6.63. The summed E-state index contributed by atoms with van der Waals surface area (Å²) in [5, 5.41) is 4.68. The third kappa shape index (κ3) is 1.94. The van der Waals surface area contributed by atoms with Crippen molar-refractivity contribution < 1.29 is 9.32 Å². The molecule has 6 heteroatoms. The molecule has 116 valence electrons. The molecule has 2 N–H and O–H groups in total. The van der Waals surface area contributed by atoms with Gasteiger partial charge in [-0.05, 0) is 44.6 Å². The summed E-state index contributed by atoms with van der Waals surface area (Å²) in [6.07, 6.45) is 2.22. The van der Waals surface area contributed by atoms with Gasteiger partial charge in [0.15, 0.2) is 0 Å². The lowest BCUT2D eigenvalue weighted by Gasteiger charge is -2.19. The monoisotopic (exact) mass is 300 g/mol. The Kier molecular flexibility index (Phi) is 2.97. The lowest BCUT2D eigenvalue weighted by atomic mass is 9.98. The van der Waals surface area contributed by atoms with E-state index in [1.807, 2.05) is 24.8 Å². The smallest absolute Gasteiger partial charge is 0.258 e. The highest BCUT2D eigenvalue weighted by atomic mass is 16.5. The molecule has 1 amide bonds. The third-order valence-electron chi connectivity index (χ3n) is 5.18. The lowest BCUT2D eigenvalue weighted by Crippen LogP contribution is -2.33. The van der Waals surface area contributed by atoms with Crippen LogP contribution in [-0.4, -0.2) is 40.1 Å². The first-order valence-electron chi connectivity index (χ1n) is 7.83. The zero-order valence-electron chi connectivity index (χ0n) is 12.9. The highest BCUT2D eigenvalue weighted by Gasteiger charge is 2.43. The first kappa shape index (κ1) is 13.7. The van der Waals surface area contributed by atoms with Crippen LogP contribution in [0.4, 0.5) is 0 Å². The first-order valence-corrected chi connectivity index (χ1v) is 7.83. The van der Waals surface area contributed by atoms with Crippen molar-refractivity contribution in [2.75, 3.05) is 13.1 Å². The number of carbonyl (C=O) groups is 1. The number of aryl methyl sites for hydroxylation is 2. The molecule has 3 atom stereocenters. The van der Waals surface area contributed by atoms with E-state index in [1.165, 1.54) is 0 Å². The predicted octanol–water partition coefficient (Wildman–Crippen LogP) is 1.65. The van der Waals surface area contributed by atoms with Crippen LogP contribution < -0.4 is 5.73 Å². The molecule has 4 rings (SSSR count). The number of carbonyl (C=O) groups excluding carboxylic acids is 1. The number of hydrogen-bond donors (Lipinski definition) is 1. The molecular formula is C16H20N4O2. The van der Waals surface area contributed by atoms with Crippen LogP contribution in [0.5, 0.6) is 0 Å². The molecule has 6 nitrogen and oxygen atoms in total. The number of hydrogen-bond acceptors (Lipinski definition) is 5. The van der Waals surface area contributed by atoms with Gasteiger partial charge in [0.05, 0.1) is 16.6 Å². The number of amides is 1. The highest BCUT2D eigenvalue weighted by Crippen LogP contribution is 2.38. The summed E-state index contributed by atoms with van der Waals surface area (Å²) in [7, 11) is 0. The molecule has 3 heterocycles. The predicted molar refractivity (Wildman–Crippen MR) is 81.4 cm³/mol. The Hall–Kier alpha value is -1.95. The van der Waals surface area contributed by atoms with E-state index in [-0.39, 0.29) is 11.9 Å². The minimum absolute atomic E-state index is 0.0448. The Morgan fingerprint density at radius 3 is 2.95 bits per heavy atom. The zero-order valence-corrected chi connectivity index (χ0v) is 12.9. The highest BCUT2D eigenvalue weighted by molar-refractivity contribution is 6.06. The molecule has 2 aromatic heterocycles. The molecule has 0 aromatic carbocycles. The van der Waals surface area contributed by atoms with Gasteiger partial charge in [-0.3, -0.25) is 4.79 Å². The number of rotatable bonds is 1. The van der Waals surface area contributed by atoms with Gasteiger partial charge in [-0.2, -0.15) is 0 Å². The van der Waals surface area contributed by atoms with Crippen molar-refractivity contribution in [1.82, 2.24) is 15.0 Å². The summed E-state index contributed by atoms with van der Waals surface area (Å²) in [6, 6.07) is 2.07. The van der Waals surface area contributed by atoms with Crippen LogP contribution in [0.25, 0.3) is 11.1 Å².